The Hall–Kier alpha value is -7.30. The monoisotopic (exact) mass is 1660 g/mol. The van der Waals surface area contributed by atoms with Crippen LogP contribution in [0, 0.1) is 40.9 Å². The summed E-state index contributed by atoms with van der Waals surface area (Å²) in [6.45, 7) is 20.7. The minimum Gasteiger partial charge on any atom is -0.850 e. The number of benzene rings is 4. The van der Waals surface area contributed by atoms with Gasteiger partial charge in [-0.15, -0.1) is 5.60 Å². The minimum absolute atomic E-state index is 0. The number of esters is 3. The quantitative estimate of drug-likeness (QED) is 0.0132. The van der Waals surface area contributed by atoms with Crippen LogP contribution in [-0.4, -0.2) is 191 Å². The number of carbonyl (C=O) groups is 5. The molecule has 0 atom stereocenters. The Labute approximate surface area is 754 Å². The maximum Gasteiger partial charge on any atom is 1.00 e. The Bertz CT molecular complexity index is 4560. The molecule has 2 aliphatic rings. The second-order valence-corrected chi connectivity index (χ2v) is 31.4. The fraction of sp³-hybridized carbons (Fsp3) is 0.338. The van der Waals surface area contributed by atoms with E-state index in [1.54, 1.807) is 132 Å². The Kier molecular flexibility index (Phi) is 44.1. The van der Waals surface area contributed by atoms with Gasteiger partial charge in [0.25, 0.3) is 0 Å². The Morgan fingerprint density at radius 2 is 0.763 bits per heavy atom. The van der Waals surface area contributed by atoms with Gasteiger partial charge in [-0.1, -0.05) is 62.2 Å². The van der Waals surface area contributed by atoms with E-state index >= 15 is 0 Å². The van der Waals surface area contributed by atoms with Gasteiger partial charge in [-0.2, -0.15) is 0 Å². The van der Waals surface area contributed by atoms with Crippen LogP contribution in [0.25, 0.3) is 0 Å². The van der Waals surface area contributed by atoms with Gasteiger partial charge in [-0.25, -0.2) is 41.9 Å². The molecule has 44 heteroatoms. The number of rotatable bonds is 22. The molecule has 588 valence electrons. The zero-order valence-electron chi connectivity index (χ0n) is 68.1. The topological polar surface area (TPSA) is 286 Å². The number of nitrogen functional groups attached to an aromatic ring is 1. The summed E-state index contributed by atoms with van der Waals surface area (Å²) in [5, 5.41) is 25.0. The summed E-state index contributed by atoms with van der Waals surface area (Å²) >= 11 is 11.1. The summed E-state index contributed by atoms with van der Waals surface area (Å²) in [7, 11) is 50.4. The fourth-order valence-electron chi connectivity index (χ4n) is 9.59. The zero-order valence-corrected chi connectivity index (χ0v) is 72.7. The number of nitrogens with zero attached hydrogens (tertiary/aromatic N) is 4. The molecule has 2 saturated carbocycles. The van der Waals surface area contributed by atoms with E-state index in [1.807, 2.05) is 0 Å². The van der Waals surface area contributed by atoms with Gasteiger partial charge in [-0.3, -0.25) is 24.0 Å². The number of nitrogens with two attached hydrogens (primary N) is 1. The number of aromatic hydroxyl groups is 1. The number of aromatic nitrogens is 4. The van der Waals surface area contributed by atoms with Crippen LogP contribution in [0.5, 0.6) is 40.2 Å². The Morgan fingerprint density at radius 1 is 0.449 bits per heavy atom. The van der Waals surface area contributed by atoms with Gasteiger partial charge in [0.05, 0.1) is 24.9 Å². The van der Waals surface area contributed by atoms with Crippen LogP contribution >= 0.6 is 23.2 Å². The molecule has 8 aromatic rings. The summed E-state index contributed by atoms with van der Waals surface area (Å²) in [5.74, 6) is -1.10. The van der Waals surface area contributed by atoms with Crippen molar-refractivity contribution in [2.24, 2.45) is 11.8 Å². The number of hydrogen-bond acceptors (Lipinski definition) is 18. The first kappa shape index (κ1) is 105. The summed E-state index contributed by atoms with van der Waals surface area (Å²) in [5.41, 5.74) is 3.62. The van der Waals surface area contributed by atoms with Crippen molar-refractivity contribution in [2.45, 2.75) is 150 Å². The number of nitrogens with one attached hydrogen (secondary N) is 2. The largest absolute Gasteiger partial charge is 1.00 e. The first-order valence-electron chi connectivity index (χ1n) is 36.5. The predicted octanol–water partition coefficient (Wildman–Crippen LogP) is 7.09. The molecule has 18 radical (unpaired) electrons. The number of halogens is 7. The van der Waals surface area contributed by atoms with Crippen molar-refractivity contribution in [2.75, 3.05) is 16.4 Å². The molecule has 0 aliphatic heterocycles. The number of carbonyl (C=O) groups excluding carboxylic acids is 5. The molecule has 2 aliphatic carbocycles. The first-order valence-corrected chi connectivity index (χ1v) is 37.3. The summed E-state index contributed by atoms with van der Waals surface area (Å²) in [4.78, 5) is 74.1. The van der Waals surface area contributed by atoms with E-state index < -0.39 is 108 Å². The fourth-order valence-corrected chi connectivity index (χ4v) is 9.91. The first-order chi connectivity index (χ1) is 54.3. The van der Waals surface area contributed by atoms with Crippen molar-refractivity contribution in [1.82, 2.24) is 19.9 Å². The van der Waals surface area contributed by atoms with Gasteiger partial charge in [0, 0.05) is 199 Å². The van der Waals surface area contributed by atoms with Crippen LogP contribution in [0.15, 0.2) is 146 Å². The van der Waals surface area contributed by atoms with E-state index in [0.717, 1.165) is 37.8 Å². The number of hydrogen-bond donors (Lipinski definition) is 4. The molecular weight excluding hydrogens is 1570 g/mol. The molecule has 4 heterocycles. The molecule has 10 rings (SSSR count). The standard InChI is InChI=1S/C21H23FN2O4.C17H17ClFNO3.C15H14FN3O2.C12H15FO3.C5H3ClFN.C4H9O.B16.K/c1-21(2,3)28-19(25)10-14-6-7-15(11-17(14)22)27-16-8-9-23-18(12-16)24-20(26)13-4-5-13;1-17(2,3)23-16(21)8-11-4-5-12(9-14(11)19)22-13-6-7-20-15(18)10-13;16-12-7-10(3-4-13(12)17)21-11-5-6-18-14(8-11)19-15(20)9-1-2-9;1-12(2,3)16-11(15)6-8-4-5-9(14)7-10(8)13;6-5-3-4(7)1-2-8-5;1-4(2,3)5;1-10(2)14(9)16(13(7)8)15(11(3)4)12(5)6;/h6-9,11-13H,4-5,10H2,1-3H3,(H,23,24,26);4-7,9-10H,8H2,1-3H3;3-9H,1-2,17H2,(H,18,19,20);4-5,7,14H,6H2,1-3H3;1-3H;1-3H3;;/q;;;;;-1;;+1. The molecule has 118 heavy (non-hydrogen) atoms. The predicted molar refractivity (Wildman–Crippen MR) is 462 cm³/mol. The van der Waals surface area contributed by atoms with Crippen LogP contribution in [-0.2, 0) is 57.4 Å². The third-order valence-electron chi connectivity index (χ3n) is 14.9. The Morgan fingerprint density at radius 3 is 1.06 bits per heavy atom. The number of ether oxygens (including phenoxy) is 6. The molecule has 0 unspecified atom stereocenters. The van der Waals surface area contributed by atoms with E-state index in [1.165, 1.54) is 85.5 Å². The van der Waals surface area contributed by atoms with Gasteiger partial charge < -0.3 is 55.0 Å². The molecule has 20 nitrogen and oxygen atoms in total. The van der Waals surface area contributed by atoms with Crippen molar-refractivity contribution in [3.8, 4) is 40.2 Å². The molecule has 0 spiro atoms. The van der Waals surface area contributed by atoms with E-state index in [4.69, 9.17) is 132 Å². The summed E-state index contributed by atoms with van der Waals surface area (Å²) in [6.07, 6.45) is 4.03. The van der Waals surface area contributed by atoms with Crippen LogP contribution < -0.4 is 87.1 Å². The second-order valence-electron chi connectivity index (χ2n) is 30.6. The maximum atomic E-state index is 14.3. The average molecular weight is 1650 g/mol. The summed E-state index contributed by atoms with van der Waals surface area (Å²) < 4.78 is 99.2. The number of phenolic OH excluding ortho intramolecular Hbond substituents is 1. The minimum atomic E-state index is -0.807. The molecule has 5 N–H and O–H groups in total. The van der Waals surface area contributed by atoms with E-state index in [-0.39, 0.29) is 144 Å². The van der Waals surface area contributed by atoms with Crippen LogP contribution in [0.4, 0.5) is 39.3 Å². The third-order valence-corrected chi connectivity index (χ3v) is 15.4. The van der Waals surface area contributed by atoms with E-state index in [0.29, 0.717) is 40.4 Å². The van der Waals surface area contributed by atoms with E-state index in [9.17, 15) is 51.0 Å². The van der Waals surface area contributed by atoms with E-state index in [2.05, 4.69) is 30.6 Å². The van der Waals surface area contributed by atoms with Crippen LogP contribution in [0.1, 0.15) is 125 Å². The molecular formula is C74H81B16Cl2F5KN7O13. The number of phenols is 1. The van der Waals surface area contributed by atoms with Crippen LogP contribution in [0.2, 0.25) is 10.3 Å². The van der Waals surface area contributed by atoms with Gasteiger partial charge in [-0.05, 0) is 159 Å². The number of anilines is 3. The number of amides is 2. The molecule has 0 saturated heterocycles. The van der Waals surface area contributed by atoms with Gasteiger partial charge in [0.1, 0.15) is 108 Å². The molecule has 0 bridgehead atoms. The third kappa shape index (κ3) is 43.8. The average Bonchev–Trinajstić information content (AvgIpc) is 1.02. The van der Waals surface area contributed by atoms with Crippen LogP contribution in [0.3, 0.4) is 0 Å². The molecule has 4 aromatic carbocycles. The number of pyridine rings is 4. The van der Waals surface area contributed by atoms with Crippen molar-refractivity contribution in [3.05, 3.63) is 202 Å². The second kappa shape index (κ2) is 49.6. The molecule has 2 fully saturated rings. The normalized spacial score (nSPS) is 11.8. The van der Waals surface area contributed by atoms with Crippen molar-refractivity contribution >= 4 is 185 Å². The van der Waals surface area contributed by atoms with Crippen molar-refractivity contribution < 1.29 is 136 Å². The maximum absolute atomic E-state index is 14.3. The smallest absolute Gasteiger partial charge is 0.850 e. The Balaban J connectivity index is 0.000000371. The summed E-state index contributed by atoms with van der Waals surface area (Å²) in [6, 6.07) is 28.4. The van der Waals surface area contributed by atoms with Gasteiger partial charge >= 0.3 is 69.3 Å². The van der Waals surface area contributed by atoms with Gasteiger partial charge in [0.2, 0.25) is 11.8 Å². The van der Waals surface area contributed by atoms with Gasteiger partial charge in [0.15, 0.2) is 0 Å². The zero-order chi connectivity index (χ0) is 88.0. The van der Waals surface area contributed by atoms with Crippen molar-refractivity contribution in [1.29, 1.82) is 0 Å². The molecule has 4 aromatic heterocycles. The van der Waals surface area contributed by atoms with Crippen molar-refractivity contribution in [3.63, 3.8) is 0 Å². The molecule has 2 amide bonds. The SMILES string of the molecule is CC(C)(C)OC(=O)Cc1ccc(O)cc1F.CC(C)(C)OC(=O)Cc1ccc(Oc2ccnc(Cl)c2)cc1F.CC(C)(C)OC(=O)Cc1ccc(Oc2ccnc(NC(=O)C3CC3)c2)cc1F.CC(C)(C)[O-].Fc1ccnc(Cl)c1.Nc1ccc(Oc2ccnc(NC(=O)C3CC3)c2)cc1F.[B]B([B])B([B])B(B([B])[B])B(B([B])[B])B([B])[B].[K+].